The van der Waals surface area contributed by atoms with Crippen LogP contribution in [0.5, 0.6) is 0 Å². The lowest BCUT2D eigenvalue weighted by molar-refractivity contribution is 0.629. The van der Waals surface area contributed by atoms with Crippen LogP contribution in [0.15, 0.2) is 224 Å². The van der Waals surface area contributed by atoms with Gasteiger partial charge in [-0.3, -0.25) is 0 Å². The number of hydrogen-bond acceptors (Lipinski definition) is 1. The van der Waals surface area contributed by atoms with Gasteiger partial charge in [0.15, 0.2) is 8.07 Å². The first kappa shape index (κ1) is 39.3. The third-order valence-corrected chi connectivity index (χ3v) is 20.7. The summed E-state index contributed by atoms with van der Waals surface area (Å²) < 4.78 is 33.1. The predicted molar refractivity (Wildman–Crippen MR) is 278 cm³/mol. The number of halogens is 2. The van der Waals surface area contributed by atoms with E-state index in [9.17, 15) is 0 Å². The Morgan fingerprint density at radius 3 is 1.32 bits per heavy atom. The molecule has 0 aromatic heterocycles. The van der Waals surface area contributed by atoms with Crippen molar-refractivity contribution in [1.82, 2.24) is 0 Å². The van der Waals surface area contributed by atoms with E-state index >= 15 is 8.78 Å². The summed E-state index contributed by atoms with van der Waals surface area (Å²) in [4.78, 5) is 2.27. The molecule has 10 aromatic rings. The Labute approximate surface area is 396 Å². The number of fused-ring (bicyclic) bond motifs is 16. The molecule has 3 aliphatic carbocycles. The Kier molecular flexibility index (Phi) is 8.11. The monoisotopic (exact) mass is 891 g/mol. The number of hydrogen-bond donors (Lipinski definition) is 0. The Morgan fingerprint density at radius 1 is 0.324 bits per heavy atom. The fraction of sp³-hybridized carbons (Fsp3) is 0.0625. The summed E-state index contributed by atoms with van der Waals surface area (Å²) in [5.41, 5.74) is 18.8. The maximum Gasteiger partial charge on any atom is 0.181 e. The maximum atomic E-state index is 17.4. The van der Waals surface area contributed by atoms with E-state index in [1.807, 2.05) is 6.07 Å². The topological polar surface area (TPSA) is 3.24 Å². The van der Waals surface area contributed by atoms with Gasteiger partial charge in [-0.2, -0.15) is 0 Å². The number of rotatable bonds is 5. The van der Waals surface area contributed by atoms with E-state index in [1.54, 1.807) is 24.3 Å². The van der Waals surface area contributed by atoms with Crippen molar-refractivity contribution in [2.45, 2.75) is 24.7 Å². The standard InChI is InChI=1S/C64H43F2NSi/c1-63(2)55-24-9-3-18-47(55)51-32-30-42(38-59(51)63)67(43-31-33-52-50-21-6-12-27-58(50)64(60(52)39-43)56-25-10-4-19-48(56)49-20-5-11-26-57(49)64)44-34-41(66)36-46(37-44)68(45-17-15-16-40(65)35-45)61-28-13-7-22-53(61)54-23-8-14-29-62(54)68/h3-39H,1-2H3. The molecule has 0 saturated heterocycles. The highest BCUT2D eigenvalue weighted by Gasteiger charge is 2.52. The average molecular weight is 892 g/mol. The van der Waals surface area contributed by atoms with E-state index in [0.717, 1.165) is 43.2 Å². The first-order valence-corrected chi connectivity index (χ1v) is 25.5. The highest BCUT2D eigenvalue weighted by molar-refractivity contribution is 7.22. The number of nitrogens with zero attached hydrogens (tertiary/aromatic N) is 1. The molecule has 0 unspecified atom stereocenters. The van der Waals surface area contributed by atoms with Gasteiger partial charge < -0.3 is 4.90 Å². The molecule has 322 valence electrons. The molecule has 4 heteroatoms. The normalized spacial score (nSPS) is 15.1. The third-order valence-electron chi connectivity index (χ3n) is 15.8. The van der Waals surface area contributed by atoms with Crippen LogP contribution in [0, 0.1) is 11.6 Å². The first-order valence-electron chi connectivity index (χ1n) is 23.5. The zero-order valence-corrected chi connectivity index (χ0v) is 38.6. The molecular weight excluding hydrogens is 849 g/mol. The van der Waals surface area contributed by atoms with Crippen molar-refractivity contribution >= 4 is 45.9 Å². The minimum atomic E-state index is -3.32. The van der Waals surface area contributed by atoms with Crippen LogP contribution in [0.4, 0.5) is 25.8 Å². The van der Waals surface area contributed by atoms with Gasteiger partial charge in [0.05, 0.1) is 5.41 Å². The quantitative estimate of drug-likeness (QED) is 0.156. The number of anilines is 3. The second-order valence-corrected chi connectivity index (χ2v) is 23.1. The van der Waals surface area contributed by atoms with Crippen molar-refractivity contribution in [3.8, 4) is 44.5 Å². The van der Waals surface area contributed by atoms with Crippen molar-refractivity contribution in [2.24, 2.45) is 0 Å². The van der Waals surface area contributed by atoms with E-state index in [-0.39, 0.29) is 17.0 Å². The second-order valence-electron chi connectivity index (χ2n) is 19.4. The fourth-order valence-electron chi connectivity index (χ4n) is 13.2. The molecule has 1 heterocycles. The van der Waals surface area contributed by atoms with Gasteiger partial charge in [-0.1, -0.05) is 184 Å². The van der Waals surface area contributed by atoms with Gasteiger partial charge in [0.1, 0.15) is 11.6 Å². The highest BCUT2D eigenvalue weighted by Crippen LogP contribution is 2.63. The Bertz CT molecular complexity index is 3680. The van der Waals surface area contributed by atoms with Gasteiger partial charge in [-0.25, -0.2) is 8.78 Å². The minimum Gasteiger partial charge on any atom is -0.310 e. The van der Waals surface area contributed by atoms with E-state index in [0.29, 0.717) is 5.69 Å². The van der Waals surface area contributed by atoms with Crippen LogP contribution in [-0.4, -0.2) is 8.07 Å². The van der Waals surface area contributed by atoms with E-state index in [1.165, 1.54) is 72.8 Å². The average Bonchev–Trinajstić information content (AvgIpc) is 4.03. The predicted octanol–water partition coefficient (Wildman–Crippen LogP) is 13.4. The molecule has 0 bridgehead atoms. The highest BCUT2D eigenvalue weighted by atomic mass is 28.3. The molecule has 1 aliphatic heterocycles. The van der Waals surface area contributed by atoms with Gasteiger partial charge in [-0.05, 0) is 153 Å². The van der Waals surface area contributed by atoms with E-state index in [4.69, 9.17) is 0 Å². The Balaban J connectivity index is 1.06. The molecule has 1 spiro atoms. The van der Waals surface area contributed by atoms with E-state index < -0.39 is 13.5 Å². The molecule has 1 nitrogen and oxygen atoms in total. The summed E-state index contributed by atoms with van der Waals surface area (Å²) in [6.07, 6.45) is 0. The molecule has 0 atom stereocenters. The van der Waals surface area contributed by atoms with Crippen molar-refractivity contribution < 1.29 is 8.78 Å². The van der Waals surface area contributed by atoms with Crippen LogP contribution in [0.25, 0.3) is 44.5 Å². The molecule has 0 amide bonds. The second kappa shape index (κ2) is 14.1. The van der Waals surface area contributed by atoms with Gasteiger partial charge >= 0.3 is 0 Å². The molecule has 4 aliphatic rings. The van der Waals surface area contributed by atoms with Crippen LogP contribution in [0.2, 0.25) is 0 Å². The molecule has 10 aromatic carbocycles. The van der Waals surface area contributed by atoms with Crippen LogP contribution in [0.1, 0.15) is 47.2 Å². The summed E-state index contributed by atoms with van der Waals surface area (Å²) in [6, 6.07) is 78.7. The van der Waals surface area contributed by atoms with Crippen molar-refractivity contribution in [1.29, 1.82) is 0 Å². The lowest BCUT2D eigenvalue weighted by atomic mass is 9.70. The van der Waals surface area contributed by atoms with Gasteiger partial charge in [-0.15, -0.1) is 0 Å². The molecule has 0 fully saturated rings. The smallest absolute Gasteiger partial charge is 0.181 e. The zero-order valence-electron chi connectivity index (χ0n) is 37.6. The van der Waals surface area contributed by atoms with Crippen LogP contribution >= 0.6 is 0 Å². The summed E-state index contributed by atoms with van der Waals surface area (Å²) in [7, 11) is -3.32. The molecule has 0 radical (unpaired) electrons. The SMILES string of the molecule is CC1(C)c2ccccc2-c2ccc(N(c3cc(F)cc([Si]4(c5cccc(F)c5)c5ccccc5-c5ccccc54)c3)c3ccc4c(c3)C3(c5ccccc5-c5ccccc53)c3ccccc3-4)cc21. The van der Waals surface area contributed by atoms with Gasteiger partial charge in [0.25, 0.3) is 0 Å². The molecule has 0 saturated carbocycles. The van der Waals surface area contributed by atoms with Crippen molar-refractivity contribution in [3.05, 3.63) is 269 Å². The molecule has 0 N–H and O–H groups in total. The zero-order chi connectivity index (χ0) is 45.5. The number of benzene rings is 10. The van der Waals surface area contributed by atoms with Gasteiger partial charge in [0, 0.05) is 22.5 Å². The van der Waals surface area contributed by atoms with Crippen LogP contribution in [-0.2, 0) is 10.8 Å². The lowest BCUT2D eigenvalue weighted by Gasteiger charge is -2.34. The first-order chi connectivity index (χ1) is 33.3. The maximum absolute atomic E-state index is 17.4. The molecule has 14 rings (SSSR count). The van der Waals surface area contributed by atoms with Crippen molar-refractivity contribution in [3.63, 3.8) is 0 Å². The lowest BCUT2D eigenvalue weighted by Crippen LogP contribution is -2.73. The summed E-state index contributed by atoms with van der Waals surface area (Å²) in [5, 5.41) is 3.99. The molecular formula is C64H43F2NSi. The summed E-state index contributed by atoms with van der Waals surface area (Å²) >= 11 is 0. The fourth-order valence-corrected chi connectivity index (χ4v) is 18.4. The van der Waals surface area contributed by atoms with E-state index in [2.05, 4.69) is 207 Å². The Morgan fingerprint density at radius 2 is 0.765 bits per heavy atom. The van der Waals surface area contributed by atoms with Gasteiger partial charge in [0.2, 0.25) is 0 Å². The molecule has 68 heavy (non-hydrogen) atoms. The van der Waals surface area contributed by atoms with Crippen molar-refractivity contribution in [2.75, 3.05) is 4.90 Å². The summed E-state index contributed by atoms with van der Waals surface area (Å²) in [6.45, 7) is 4.61. The third kappa shape index (κ3) is 5.02. The largest absolute Gasteiger partial charge is 0.310 e. The summed E-state index contributed by atoms with van der Waals surface area (Å²) in [5.74, 6) is -0.649. The van der Waals surface area contributed by atoms with Crippen LogP contribution < -0.4 is 25.6 Å². The Hall–Kier alpha value is -7.92. The minimum absolute atomic E-state index is 0.271. The van der Waals surface area contributed by atoms with Crippen LogP contribution in [0.3, 0.4) is 0 Å².